The summed E-state index contributed by atoms with van der Waals surface area (Å²) in [7, 11) is 0. The molecular weight excluding hydrogens is 242 g/mol. The largest absolute Gasteiger partial charge is 0.491 e. The Morgan fingerprint density at radius 3 is 2.89 bits per heavy atom. The lowest BCUT2D eigenvalue weighted by atomic mass is 9.92. The first-order valence-electron chi connectivity index (χ1n) is 6.84. The first kappa shape index (κ1) is 12.9. The maximum absolute atomic E-state index is 10.6. The number of ether oxygens (including phenoxy) is 2. The highest BCUT2D eigenvalue weighted by atomic mass is 16.5. The summed E-state index contributed by atoms with van der Waals surface area (Å²) in [6.07, 6.45) is -0.498. The predicted octanol–water partition coefficient (Wildman–Crippen LogP) is 1.59. The van der Waals surface area contributed by atoms with Gasteiger partial charge in [0.15, 0.2) is 0 Å². The molecule has 0 bridgehead atoms. The number of hydrogen-bond acceptors (Lipinski definition) is 4. The number of nitrogens with zero attached hydrogens (tertiary/aromatic N) is 1. The lowest BCUT2D eigenvalue weighted by Crippen LogP contribution is -2.60. The van der Waals surface area contributed by atoms with E-state index in [4.69, 9.17) is 9.47 Å². The molecule has 2 atom stereocenters. The smallest absolute Gasteiger partial charge is 0.125 e. The van der Waals surface area contributed by atoms with Gasteiger partial charge >= 0.3 is 0 Å². The van der Waals surface area contributed by atoms with Crippen molar-refractivity contribution in [3.05, 3.63) is 29.8 Å². The Balaban J connectivity index is 1.87. The van der Waals surface area contributed by atoms with E-state index in [1.54, 1.807) is 0 Å². The van der Waals surface area contributed by atoms with Gasteiger partial charge in [0.1, 0.15) is 18.5 Å². The molecule has 1 aromatic rings. The lowest BCUT2D eigenvalue weighted by Gasteiger charge is -2.49. The molecular formula is C15H21NO3. The molecule has 0 radical (unpaired) electrons. The molecule has 1 fully saturated rings. The summed E-state index contributed by atoms with van der Waals surface area (Å²) in [5.41, 5.74) is 0.820. The Morgan fingerprint density at radius 2 is 2.11 bits per heavy atom. The summed E-state index contributed by atoms with van der Waals surface area (Å²) in [6.45, 7) is 7.08. The van der Waals surface area contributed by atoms with Crippen LogP contribution in [0.25, 0.3) is 0 Å². The molecule has 104 valence electrons. The predicted molar refractivity (Wildman–Crippen MR) is 72.3 cm³/mol. The van der Waals surface area contributed by atoms with Gasteiger partial charge in [0.25, 0.3) is 0 Å². The molecule has 0 aromatic heterocycles. The monoisotopic (exact) mass is 263 g/mol. The lowest BCUT2D eigenvalue weighted by molar-refractivity contribution is -0.111. The van der Waals surface area contributed by atoms with E-state index < -0.39 is 6.10 Å². The van der Waals surface area contributed by atoms with Gasteiger partial charge in [0.2, 0.25) is 0 Å². The van der Waals surface area contributed by atoms with Gasteiger partial charge in [-0.25, -0.2) is 0 Å². The first-order valence-corrected chi connectivity index (χ1v) is 6.84. The summed E-state index contributed by atoms with van der Waals surface area (Å²) in [6, 6.07) is 7.73. The van der Waals surface area contributed by atoms with Crippen molar-refractivity contribution in [3.63, 3.8) is 0 Å². The highest BCUT2D eigenvalue weighted by Gasteiger charge is 2.41. The zero-order chi connectivity index (χ0) is 13.5. The first-order chi connectivity index (χ1) is 9.09. The van der Waals surface area contributed by atoms with Gasteiger partial charge in [0, 0.05) is 17.6 Å². The third kappa shape index (κ3) is 2.24. The number of para-hydroxylation sites is 1. The molecule has 0 saturated carbocycles. The van der Waals surface area contributed by atoms with E-state index in [0.29, 0.717) is 19.8 Å². The molecule has 1 N–H and O–H groups in total. The Bertz CT molecular complexity index is 460. The van der Waals surface area contributed by atoms with Crippen molar-refractivity contribution in [2.45, 2.75) is 31.5 Å². The SMILES string of the molecule is CC1(C)COCCN1C1COc2ccccc2C1O. The molecule has 4 heteroatoms. The van der Waals surface area contributed by atoms with Crippen molar-refractivity contribution < 1.29 is 14.6 Å². The van der Waals surface area contributed by atoms with Gasteiger partial charge in [-0.15, -0.1) is 0 Å². The molecule has 0 amide bonds. The van der Waals surface area contributed by atoms with Crippen LogP contribution in [-0.4, -0.2) is 48.0 Å². The van der Waals surface area contributed by atoms with Crippen LogP contribution in [0.3, 0.4) is 0 Å². The van der Waals surface area contributed by atoms with Crippen LogP contribution in [0.1, 0.15) is 25.5 Å². The van der Waals surface area contributed by atoms with Gasteiger partial charge in [-0.1, -0.05) is 18.2 Å². The topological polar surface area (TPSA) is 41.9 Å². The number of fused-ring (bicyclic) bond motifs is 1. The van der Waals surface area contributed by atoms with Crippen LogP contribution < -0.4 is 4.74 Å². The minimum absolute atomic E-state index is 0.00574. The van der Waals surface area contributed by atoms with Crippen molar-refractivity contribution in [3.8, 4) is 5.75 Å². The maximum Gasteiger partial charge on any atom is 0.125 e. The van der Waals surface area contributed by atoms with Crippen LogP contribution in [0, 0.1) is 0 Å². The molecule has 2 heterocycles. The fourth-order valence-electron chi connectivity index (χ4n) is 3.08. The molecule has 2 aliphatic heterocycles. The van der Waals surface area contributed by atoms with Crippen LogP contribution >= 0.6 is 0 Å². The van der Waals surface area contributed by atoms with E-state index in [9.17, 15) is 5.11 Å². The highest BCUT2D eigenvalue weighted by Crippen LogP contribution is 2.36. The highest BCUT2D eigenvalue weighted by molar-refractivity contribution is 5.37. The van der Waals surface area contributed by atoms with E-state index in [0.717, 1.165) is 17.9 Å². The van der Waals surface area contributed by atoms with Crippen molar-refractivity contribution >= 4 is 0 Å². The Morgan fingerprint density at radius 1 is 1.32 bits per heavy atom. The van der Waals surface area contributed by atoms with Crippen LogP contribution in [-0.2, 0) is 4.74 Å². The van der Waals surface area contributed by atoms with Gasteiger partial charge in [-0.2, -0.15) is 0 Å². The van der Waals surface area contributed by atoms with Crippen LogP contribution in [0.4, 0.5) is 0 Å². The number of aliphatic hydroxyl groups excluding tert-OH is 1. The Hall–Kier alpha value is -1.10. The summed E-state index contributed by atoms with van der Waals surface area (Å²) >= 11 is 0. The van der Waals surface area contributed by atoms with Crippen LogP contribution in [0.15, 0.2) is 24.3 Å². The van der Waals surface area contributed by atoms with Crippen molar-refractivity contribution in [2.75, 3.05) is 26.4 Å². The maximum atomic E-state index is 10.6. The molecule has 2 unspecified atom stereocenters. The second-order valence-electron chi connectivity index (χ2n) is 5.92. The molecule has 0 aliphatic carbocycles. The van der Waals surface area contributed by atoms with Crippen molar-refractivity contribution in [1.29, 1.82) is 0 Å². The minimum Gasteiger partial charge on any atom is -0.491 e. The number of rotatable bonds is 1. The fraction of sp³-hybridized carbons (Fsp3) is 0.600. The van der Waals surface area contributed by atoms with Crippen molar-refractivity contribution in [1.82, 2.24) is 4.90 Å². The standard InChI is InChI=1S/C15H21NO3/c1-15(2)10-18-8-7-16(15)12-9-19-13-6-4-3-5-11(13)14(12)17/h3-6,12,14,17H,7-10H2,1-2H3. The second-order valence-corrected chi connectivity index (χ2v) is 5.92. The Labute approximate surface area is 113 Å². The zero-order valence-corrected chi connectivity index (χ0v) is 11.5. The van der Waals surface area contributed by atoms with Crippen molar-refractivity contribution in [2.24, 2.45) is 0 Å². The minimum atomic E-state index is -0.498. The molecule has 0 spiro atoms. The van der Waals surface area contributed by atoms with Gasteiger partial charge < -0.3 is 14.6 Å². The fourth-order valence-corrected chi connectivity index (χ4v) is 3.08. The summed E-state index contributed by atoms with van der Waals surface area (Å²) < 4.78 is 11.4. The molecule has 1 saturated heterocycles. The Kier molecular flexibility index (Phi) is 3.25. The average Bonchev–Trinajstić information content (AvgIpc) is 2.40. The summed E-state index contributed by atoms with van der Waals surface area (Å²) in [5, 5.41) is 10.6. The van der Waals surface area contributed by atoms with Gasteiger partial charge in [0.05, 0.1) is 19.3 Å². The van der Waals surface area contributed by atoms with E-state index in [-0.39, 0.29) is 11.6 Å². The third-order valence-corrected chi connectivity index (χ3v) is 4.12. The zero-order valence-electron chi connectivity index (χ0n) is 11.5. The number of morpholine rings is 1. The van der Waals surface area contributed by atoms with E-state index in [2.05, 4.69) is 18.7 Å². The molecule has 4 nitrogen and oxygen atoms in total. The third-order valence-electron chi connectivity index (χ3n) is 4.12. The summed E-state index contributed by atoms with van der Waals surface area (Å²) in [4.78, 5) is 2.32. The van der Waals surface area contributed by atoms with E-state index in [1.807, 2.05) is 24.3 Å². The molecule has 3 rings (SSSR count). The normalized spacial score (nSPS) is 30.5. The van der Waals surface area contributed by atoms with E-state index in [1.165, 1.54) is 0 Å². The van der Waals surface area contributed by atoms with E-state index >= 15 is 0 Å². The number of hydrogen-bond donors (Lipinski definition) is 1. The average molecular weight is 263 g/mol. The molecule has 19 heavy (non-hydrogen) atoms. The van der Waals surface area contributed by atoms with Crippen LogP contribution in [0.2, 0.25) is 0 Å². The quantitative estimate of drug-likeness (QED) is 0.835. The number of benzene rings is 1. The number of aliphatic hydroxyl groups is 1. The summed E-state index contributed by atoms with van der Waals surface area (Å²) in [5.74, 6) is 0.803. The molecule has 1 aromatic carbocycles. The second kappa shape index (κ2) is 4.78. The van der Waals surface area contributed by atoms with Gasteiger partial charge in [-0.05, 0) is 19.9 Å². The van der Waals surface area contributed by atoms with Crippen LogP contribution in [0.5, 0.6) is 5.75 Å². The molecule has 2 aliphatic rings. The van der Waals surface area contributed by atoms with Gasteiger partial charge in [-0.3, -0.25) is 4.90 Å².